The van der Waals surface area contributed by atoms with E-state index in [4.69, 9.17) is 18.6 Å². The van der Waals surface area contributed by atoms with Gasteiger partial charge in [-0.05, 0) is 62.7 Å². The number of methoxy groups -OCH3 is 1. The zero-order valence-corrected chi connectivity index (χ0v) is 23.6. The predicted molar refractivity (Wildman–Crippen MR) is 152 cm³/mol. The number of hydrogen-bond donors (Lipinski definition) is 2. The SMILES string of the molecule is COc1cc(OC(=O)c2ccoc2)ccc1-c1ccc2c(c1COC(=O)c1ccc(C)s1)N(C)C(O)C(C)(C)N2. The van der Waals surface area contributed by atoms with Crippen LogP contribution in [0.5, 0.6) is 11.5 Å². The molecule has 1 unspecified atom stereocenters. The summed E-state index contributed by atoms with van der Waals surface area (Å²) in [6, 6.07) is 14.1. The van der Waals surface area contributed by atoms with Crippen LogP contribution in [-0.4, -0.2) is 43.0 Å². The number of carbonyl (C=O) groups is 2. The number of esters is 2. The maximum absolute atomic E-state index is 12.9. The Kier molecular flexibility index (Phi) is 7.31. The number of likely N-dealkylation sites (N-methyl/N-ethyl adjacent to an activating group) is 1. The lowest BCUT2D eigenvalue weighted by atomic mass is 9.91. The molecule has 9 nitrogen and oxygen atoms in total. The van der Waals surface area contributed by atoms with Crippen molar-refractivity contribution in [2.24, 2.45) is 0 Å². The second kappa shape index (κ2) is 10.7. The molecule has 1 atom stereocenters. The van der Waals surface area contributed by atoms with Gasteiger partial charge in [0.25, 0.3) is 0 Å². The van der Waals surface area contributed by atoms with Crippen molar-refractivity contribution in [3.63, 3.8) is 0 Å². The molecule has 0 fully saturated rings. The Labute approximate surface area is 235 Å². The van der Waals surface area contributed by atoms with Gasteiger partial charge < -0.3 is 34.0 Å². The number of aliphatic hydroxyl groups excluding tert-OH is 1. The van der Waals surface area contributed by atoms with E-state index in [-0.39, 0.29) is 6.61 Å². The molecule has 0 saturated heterocycles. The van der Waals surface area contributed by atoms with Crippen LogP contribution in [0.15, 0.2) is 65.5 Å². The Hall–Kier alpha value is -4.28. The molecule has 208 valence electrons. The normalized spacial score (nSPS) is 15.7. The Morgan fingerprint density at radius 3 is 2.55 bits per heavy atom. The van der Waals surface area contributed by atoms with E-state index in [0.717, 1.165) is 16.1 Å². The molecule has 2 aromatic heterocycles. The summed E-state index contributed by atoms with van der Waals surface area (Å²) in [5, 5.41) is 14.5. The number of nitrogens with zero attached hydrogens (tertiary/aromatic N) is 1. The highest BCUT2D eigenvalue weighted by molar-refractivity contribution is 7.13. The van der Waals surface area contributed by atoms with E-state index < -0.39 is 23.7 Å². The third kappa shape index (κ3) is 5.15. The number of ether oxygens (including phenoxy) is 3. The third-order valence-electron chi connectivity index (χ3n) is 6.82. The Morgan fingerprint density at radius 2 is 1.88 bits per heavy atom. The number of thiophene rings is 1. The highest BCUT2D eigenvalue weighted by atomic mass is 32.1. The summed E-state index contributed by atoms with van der Waals surface area (Å²) >= 11 is 1.37. The van der Waals surface area contributed by atoms with Gasteiger partial charge in [-0.25, -0.2) is 9.59 Å². The number of hydrogen-bond acceptors (Lipinski definition) is 10. The highest BCUT2D eigenvalue weighted by Gasteiger charge is 2.39. The number of anilines is 2. The monoisotopic (exact) mass is 562 g/mol. The average Bonchev–Trinajstić information content (AvgIpc) is 3.62. The Balaban J connectivity index is 1.55. The van der Waals surface area contributed by atoms with E-state index in [1.807, 2.05) is 39.0 Å². The summed E-state index contributed by atoms with van der Waals surface area (Å²) in [5.41, 5.74) is 3.29. The van der Waals surface area contributed by atoms with Gasteiger partial charge in [0, 0.05) is 29.1 Å². The average molecular weight is 563 g/mol. The van der Waals surface area contributed by atoms with Gasteiger partial charge in [-0.1, -0.05) is 6.07 Å². The molecule has 4 aromatic rings. The van der Waals surface area contributed by atoms with Crippen molar-refractivity contribution in [2.75, 3.05) is 24.4 Å². The number of fused-ring (bicyclic) bond motifs is 1. The van der Waals surface area contributed by atoms with Crippen LogP contribution < -0.4 is 19.7 Å². The summed E-state index contributed by atoms with van der Waals surface area (Å²) in [7, 11) is 3.33. The predicted octanol–water partition coefficient (Wildman–Crippen LogP) is 5.86. The van der Waals surface area contributed by atoms with E-state index in [1.54, 1.807) is 36.2 Å². The standard InChI is InChI=1S/C30H30N2O7S/c1-17-6-11-25(40-17)28(34)38-16-22-20(9-10-23-26(22)32(4)29(35)30(2,3)31-23)21-8-7-19(14-24(21)36-5)39-27(33)18-12-13-37-15-18/h6-15,29,31,35H,16H2,1-5H3. The summed E-state index contributed by atoms with van der Waals surface area (Å²) in [6.07, 6.45) is 1.86. The molecule has 40 heavy (non-hydrogen) atoms. The zero-order valence-electron chi connectivity index (χ0n) is 22.8. The van der Waals surface area contributed by atoms with Gasteiger partial charge in [0.05, 0.1) is 35.9 Å². The van der Waals surface area contributed by atoms with Gasteiger partial charge in [-0.3, -0.25) is 0 Å². The molecule has 0 saturated carbocycles. The number of furan rings is 1. The minimum atomic E-state index is -0.851. The van der Waals surface area contributed by atoms with Crippen LogP contribution in [0.3, 0.4) is 0 Å². The van der Waals surface area contributed by atoms with Crippen molar-refractivity contribution in [3.05, 3.63) is 81.9 Å². The van der Waals surface area contributed by atoms with E-state index >= 15 is 0 Å². The Bertz CT molecular complexity index is 1560. The fraction of sp³-hybridized carbons (Fsp3) is 0.267. The van der Waals surface area contributed by atoms with E-state index in [2.05, 4.69) is 5.32 Å². The van der Waals surface area contributed by atoms with Gasteiger partial charge in [-0.2, -0.15) is 0 Å². The van der Waals surface area contributed by atoms with E-state index in [9.17, 15) is 14.7 Å². The fourth-order valence-corrected chi connectivity index (χ4v) is 5.58. The molecule has 2 aromatic carbocycles. The number of aryl methyl sites for hydroxylation is 1. The lowest BCUT2D eigenvalue weighted by molar-refractivity contribution is 0.0478. The van der Waals surface area contributed by atoms with Crippen molar-refractivity contribution in [2.45, 2.75) is 39.1 Å². The molecule has 0 spiro atoms. The van der Waals surface area contributed by atoms with Gasteiger partial charge in [0.2, 0.25) is 0 Å². The first-order chi connectivity index (χ1) is 19.1. The Morgan fingerprint density at radius 1 is 1.10 bits per heavy atom. The number of aliphatic hydroxyl groups is 1. The second-order valence-corrected chi connectivity index (χ2v) is 11.4. The molecule has 5 rings (SSSR count). The first-order valence-electron chi connectivity index (χ1n) is 12.6. The minimum Gasteiger partial charge on any atom is -0.496 e. The molecule has 0 radical (unpaired) electrons. The van der Waals surface area contributed by atoms with E-state index in [1.165, 1.54) is 37.0 Å². The van der Waals surface area contributed by atoms with Gasteiger partial charge in [-0.15, -0.1) is 11.3 Å². The largest absolute Gasteiger partial charge is 0.496 e. The lowest BCUT2D eigenvalue weighted by Gasteiger charge is -2.46. The molecule has 10 heteroatoms. The highest BCUT2D eigenvalue weighted by Crippen LogP contribution is 2.45. The summed E-state index contributed by atoms with van der Waals surface area (Å²) in [4.78, 5) is 28.6. The van der Waals surface area contributed by atoms with Crippen molar-refractivity contribution >= 4 is 34.7 Å². The zero-order chi connectivity index (χ0) is 28.6. The van der Waals surface area contributed by atoms with Crippen LogP contribution in [0.2, 0.25) is 0 Å². The van der Waals surface area contributed by atoms with Crippen LogP contribution in [0.25, 0.3) is 11.1 Å². The molecule has 0 amide bonds. The maximum Gasteiger partial charge on any atom is 0.348 e. The number of nitrogens with one attached hydrogen (secondary N) is 1. The molecular formula is C30H30N2O7S. The minimum absolute atomic E-state index is 0.0478. The van der Waals surface area contributed by atoms with Crippen LogP contribution in [0.4, 0.5) is 11.4 Å². The number of carbonyl (C=O) groups excluding carboxylic acids is 2. The van der Waals surface area contributed by atoms with Crippen LogP contribution >= 0.6 is 11.3 Å². The fourth-order valence-electron chi connectivity index (χ4n) is 4.81. The van der Waals surface area contributed by atoms with E-state index in [0.29, 0.717) is 38.8 Å². The van der Waals surface area contributed by atoms with Crippen LogP contribution in [0.1, 0.15) is 44.3 Å². The molecule has 1 aliphatic rings. The third-order valence-corrected chi connectivity index (χ3v) is 7.81. The maximum atomic E-state index is 12.9. The molecule has 3 heterocycles. The van der Waals surface area contributed by atoms with Gasteiger partial charge >= 0.3 is 11.9 Å². The molecule has 2 N–H and O–H groups in total. The first kappa shape index (κ1) is 27.3. The number of benzene rings is 2. The molecule has 1 aliphatic heterocycles. The molecular weight excluding hydrogens is 532 g/mol. The summed E-state index contributed by atoms with van der Waals surface area (Å²) < 4.78 is 22.0. The number of rotatable bonds is 7. The van der Waals surface area contributed by atoms with Crippen LogP contribution in [0, 0.1) is 6.92 Å². The molecule has 0 bridgehead atoms. The van der Waals surface area contributed by atoms with Crippen LogP contribution in [-0.2, 0) is 11.3 Å². The quantitative estimate of drug-likeness (QED) is 0.211. The second-order valence-electron chi connectivity index (χ2n) is 10.1. The van der Waals surface area contributed by atoms with Crippen molar-refractivity contribution in [3.8, 4) is 22.6 Å². The summed E-state index contributed by atoms with van der Waals surface area (Å²) in [6.45, 7) is 5.71. The molecule has 0 aliphatic carbocycles. The summed E-state index contributed by atoms with van der Waals surface area (Å²) in [5.74, 6) is -0.242. The topological polar surface area (TPSA) is 110 Å². The smallest absolute Gasteiger partial charge is 0.348 e. The van der Waals surface area contributed by atoms with Crippen molar-refractivity contribution < 1.29 is 33.3 Å². The first-order valence-corrected chi connectivity index (χ1v) is 13.4. The van der Waals surface area contributed by atoms with Crippen molar-refractivity contribution in [1.82, 2.24) is 0 Å². The van der Waals surface area contributed by atoms with Gasteiger partial charge in [0.15, 0.2) is 0 Å². The lowest BCUT2D eigenvalue weighted by Crippen LogP contribution is -2.56. The van der Waals surface area contributed by atoms with Gasteiger partial charge in [0.1, 0.15) is 35.5 Å². The van der Waals surface area contributed by atoms with Crippen molar-refractivity contribution in [1.29, 1.82) is 0 Å².